The van der Waals surface area contributed by atoms with E-state index in [1.54, 1.807) is 19.3 Å². The number of nitrogens with one attached hydrogen (secondary N) is 2. The van der Waals surface area contributed by atoms with Gasteiger partial charge >= 0.3 is 6.03 Å². The number of hydrogen-bond donors (Lipinski definition) is 3. The summed E-state index contributed by atoms with van der Waals surface area (Å²) in [6, 6.07) is 1.12. The van der Waals surface area contributed by atoms with Crippen LogP contribution >= 0.6 is 12.4 Å². The standard InChI is InChI=1S/C8H11N5O2.ClH/c1-13-5(2-3-10-13)8(4-9)6(14)11-7(15)12-8;/h2-3H,4,9H2,1H3,(H2,11,12,14,15);1H/t8-;/m1./s1. The summed E-state index contributed by atoms with van der Waals surface area (Å²) in [5, 5.41) is 8.63. The molecule has 88 valence electrons. The molecule has 1 aromatic rings. The smallest absolute Gasteiger partial charge is 0.322 e. The molecular formula is C8H12ClN5O2. The molecule has 7 nitrogen and oxygen atoms in total. The zero-order valence-corrected chi connectivity index (χ0v) is 9.37. The molecule has 16 heavy (non-hydrogen) atoms. The topological polar surface area (TPSA) is 102 Å². The molecule has 8 heteroatoms. The van der Waals surface area contributed by atoms with Crippen LogP contribution in [0.3, 0.4) is 0 Å². The van der Waals surface area contributed by atoms with E-state index in [1.807, 2.05) is 0 Å². The molecule has 1 fully saturated rings. The average molecular weight is 246 g/mol. The number of aryl methyl sites for hydroxylation is 1. The van der Waals surface area contributed by atoms with Crippen LogP contribution < -0.4 is 16.4 Å². The fourth-order valence-corrected chi connectivity index (χ4v) is 1.71. The highest BCUT2D eigenvalue weighted by atomic mass is 35.5. The van der Waals surface area contributed by atoms with E-state index in [1.165, 1.54) is 4.68 Å². The normalized spacial score (nSPS) is 23.6. The molecule has 0 saturated carbocycles. The maximum atomic E-state index is 11.7. The van der Waals surface area contributed by atoms with Gasteiger partial charge in [0.1, 0.15) is 0 Å². The van der Waals surface area contributed by atoms with E-state index < -0.39 is 17.5 Å². The Balaban J connectivity index is 0.00000128. The predicted molar refractivity (Wildman–Crippen MR) is 57.9 cm³/mol. The summed E-state index contributed by atoms with van der Waals surface area (Å²) in [7, 11) is 1.69. The maximum absolute atomic E-state index is 11.7. The van der Waals surface area contributed by atoms with Gasteiger partial charge in [0.05, 0.1) is 5.69 Å². The Morgan fingerprint density at radius 2 is 2.25 bits per heavy atom. The molecule has 1 saturated heterocycles. The number of imide groups is 1. The van der Waals surface area contributed by atoms with E-state index in [0.717, 1.165) is 0 Å². The van der Waals surface area contributed by atoms with Crippen molar-refractivity contribution in [2.24, 2.45) is 12.8 Å². The quantitative estimate of drug-likeness (QED) is 0.572. The molecule has 1 aliphatic rings. The number of rotatable bonds is 2. The van der Waals surface area contributed by atoms with Crippen molar-refractivity contribution in [3.05, 3.63) is 18.0 Å². The highest BCUT2D eigenvalue weighted by Gasteiger charge is 2.48. The summed E-state index contributed by atoms with van der Waals surface area (Å²) in [5.41, 5.74) is 4.94. The van der Waals surface area contributed by atoms with Crippen molar-refractivity contribution in [2.45, 2.75) is 5.54 Å². The van der Waals surface area contributed by atoms with Crippen molar-refractivity contribution >= 4 is 24.3 Å². The highest BCUT2D eigenvalue weighted by molar-refractivity contribution is 6.07. The van der Waals surface area contributed by atoms with Crippen LogP contribution in [0.25, 0.3) is 0 Å². The van der Waals surface area contributed by atoms with Gasteiger partial charge in [-0.3, -0.25) is 14.8 Å². The van der Waals surface area contributed by atoms with Crippen LogP contribution in [0.5, 0.6) is 0 Å². The lowest BCUT2D eigenvalue weighted by molar-refractivity contribution is -0.124. The van der Waals surface area contributed by atoms with E-state index in [4.69, 9.17) is 5.73 Å². The van der Waals surface area contributed by atoms with Gasteiger partial charge in [-0.15, -0.1) is 12.4 Å². The third-order valence-electron chi connectivity index (χ3n) is 2.51. The molecule has 0 radical (unpaired) electrons. The van der Waals surface area contributed by atoms with Crippen LogP contribution in [0, 0.1) is 0 Å². The minimum atomic E-state index is -1.19. The predicted octanol–water partition coefficient (Wildman–Crippen LogP) is -1.16. The first-order valence-electron chi connectivity index (χ1n) is 4.42. The molecule has 4 N–H and O–H groups in total. The summed E-state index contributed by atoms with van der Waals surface area (Å²) < 4.78 is 1.51. The Kier molecular flexibility index (Phi) is 3.20. The number of nitrogens with zero attached hydrogens (tertiary/aromatic N) is 2. The fourth-order valence-electron chi connectivity index (χ4n) is 1.71. The monoisotopic (exact) mass is 245 g/mol. The van der Waals surface area contributed by atoms with Crippen LogP contribution in [0.1, 0.15) is 5.69 Å². The van der Waals surface area contributed by atoms with Gasteiger partial charge in [0.2, 0.25) is 0 Å². The molecular weight excluding hydrogens is 234 g/mol. The van der Waals surface area contributed by atoms with Crippen molar-refractivity contribution in [3.8, 4) is 0 Å². The lowest BCUT2D eigenvalue weighted by Crippen LogP contribution is -2.51. The number of amides is 3. The zero-order valence-electron chi connectivity index (χ0n) is 8.56. The van der Waals surface area contributed by atoms with Crippen molar-refractivity contribution in [3.63, 3.8) is 0 Å². The summed E-state index contributed by atoms with van der Waals surface area (Å²) in [4.78, 5) is 22.8. The Hall–Kier alpha value is -1.60. The minimum absolute atomic E-state index is 0. The van der Waals surface area contributed by atoms with Gasteiger partial charge in [0, 0.05) is 19.8 Å². The lowest BCUT2D eigenvalue weighted by Gasteiger charge is -2.23. The van der Waals surface area contributed by atoms with Crippen LogP contribution in [0.15, 0.2) is 12.3 Å². The second kappa shape index (κ2) is 4.11. The molecule has 0 aliphatic carbocycles. The summed E-state index contributed by atoms with van der Waals surface area (Å²) in [6.07, 6.45) is 1.55. The van der Waals surface area contributed by atoms with Crippen LogP contribution in [0.2, 0.25) is 0 Å². The molecule has 3 amide bonds. The van der Waals surface area contributed by atoms with E-state index in [2.05, 4.69) is 15.7 Å². The van der Waals surface area contributed by atoms with Gasteiger partial charge < -0.3 is 11.1 Å². The largest absolute Gasteiger partial charge is 0.327 e. The number of halogens is 1. The van der Waals surface area contributed by atoms with E-state index >= 15 is 0 Å². The minimum Gasteiger partial charge on any atom is -0.327 e. The fraction of sp³-hybridized carbons (Fsp3) is 0.375. The van der Waals surface area contributed by atoms with Crippen molar-refractivity contribution < 1.29 is 9.59 Å². The third-order valence-corrected chi connectivity index (χ3v) is 2.51. The first-order valence-corrected chi connectivity index (χ1v) is 4.42. The third kappa shape index (κ3) is 1.54. The molecule has 0 unspecified atom stereocenters. The molecule has 1 aromatic heterocycles. The summed E-state index contributed by atoms with van der Waals surface area (Å²) >= 11 is 0. The second-order valence-corrected chi connectivity index (χ2v) is 3.36. The number of carbonyl (C=O) groups is 2. The summed E-state index contributed by atoms with van der Waals surface area (Å²) in [6.45, 7) is -0.00981. The molecule has 0 bridgehead atoms. The van der Waals surface area contributed by atoms with Gasteiger partial charge in [-0.25, -0.2) is 4.79 Å². The van der Waals surface area contributed by atoms with E-state index in [9.17, 15) is 9.59 Å². The molecule has 0 spiro atoms. The SMILES string of the molecule is Cl.Cn1nccc1[C@@]1(CN)NC(=O)NC1=O. The Labute approximate surface area is 97.8 Å². The first-order chi connectivity index (χ1) is 7.10. The van der Waals surface area contributed by atoms with Gasteiger partial charge in [0.25, 0.3) is 5.91 Å². The highest BCUT2D eigenvalue weighted by Crippen LogP contribution is 2.22. The van der Waals surface area contributed by atoms with Crippen molar-refractivity contribution in [1.29, 1.82) is 0 Å². The second-order valence-electron chi connectivity index (χ2n) is 3.36. The molecule has 2 rings (SSSR count). The van der Waals surface area contributed by atoms with Gasteiger partial charge in [-0.1, -0.05) is 0 Å². The molecule has 2 heterocycles. The molecule has 1 aliphatic heterocycles. The van der Waals surface area contributed by atoms with Crippen molar-refractivity contribution in [2.75, 3.05) is 6.54 Å². The van der Waals surface area contributed by atoms with Crippen LogP contribution in [-0.2, 0) is 17.4 Å². The van der Waals surface area contributed by atoms with Crippen molar-refractivity contribution in [1.82, 2.24) is 20.4 Å². The van der Waals surface area contributed by atoms with Gasteiger partial charge in [-0.05, 0) is 6.07 Å². The van der Waals surface area contributed by atoms with Gasteiger partial charge in [-0.2, -0.15) is 5.10 Å². The molecule has 1 atom stereocenters. The maximum Gasteiger partial charge on any atom is 0.322 e. The number of aromatic nitrogens is 2. The van der Waals surface area contributed by atoms with Crippen LogP contribution in [-0.4, -0.2) is 28.3 Å². The Morgan fingerprint density at radius 1 is 1.56 bits per heavy atom. The number of carbonyl (C=O) groups excluding carboxylic acids is 2. The van der Waals surface area contributed by atoms with Gasteiger partial charge in [0.15, 0.2) is 5.54 Å². The number of nitrogens with two attached hydrogens (primary N) is 1. The number of hydrogen-bond acceptors (Lipinski definition) is 4. The molecule has 0 aromatic carbocycles. The zero-order chi connectivity index (χ0) is 11.1. The Bertz CT molecular complexity index is 432. The Morgan fingerprint density at radius 3 is 2.62 bits per heavy atom. The summed E-state index contributed by atoms with van der Waals surface area (Å²) in [5.74, 6) is -0.446. The lowest BCUT2D eigenvalue weighted by atomic mass is 9.95. The average Bonchev–Trinajstić information content (AvgIpc) is 2.71. The number of urea groups is 1. The van der Waals surface area contributed by atoms with Crippen LogP contribution in [0.4, 0.5) is 4.79 Å². The first kappa shape index (κ1) is 12.5. The van der Waals surface area contributed by atoms with E-state index in [-0.39, 0.29) is 19.0 Å². The van der Waals surface area contributed by atoms with E-state index in [0.29, 0.717) is 5.69 Å².